The van der Waals surface area contributed by atoms with Gasteiger partial charge in [0.05, 0.1) is 5.02 Å². The molecule has 0 saturated heterocycles. The van der Waals surface area contributed by atoms with E-state index in [0.717, 1.165) is 36.8 Å². The fraction of sp³-hybridized carbons (Fsp3) is 0.292. The van der Waals surface area contributed by atoms with Gasteiger partial charge in [-0.2, -0.15) is 0 Å². The molecule has 1 fully saturated rings. The number of nitrogens with two attached hydrogens (primary N) is 1. The van der Waals surface area contributed by atoms with Crippen molar-refractivity contribution in [3.05, 3.63) is 70.6 Å². The average Bonchev–Trinajstić information content (AvgIpc) is 2.81. The Morgan fingerprint density at radius 2 is 1.74 bits per heavy atom. The summed E-state index contributed by atoms with van der Waals surface area (Å²) >= 11 is 6.03. The Morgan fingerprint density at radius 3 is 2.41 bits per heavy atom. The van der Waals surface area contributed by atoms with Gasteiger partial charge in [-0.05, 0) is 62.4 Å². The predicted molar refractivity (Wildman–Crippen MR) is 136 cm³/mol. The van der Waals surface area contributed by atoms with Gasteiger partial charge in [-0.1, -0.05) is 35.9 Å². The highest BCUT2D eigenvalue weighted by molar-refractivity contribution is 7.92. The van der Waals surface area contributed by atoms with Crippen LogP contribution in [0.5, 0.6) is 0 Å². The number of aryl methyl sites for hydroxylation is 1. The largest absolute Gasteiger partial charge is 0.351 e. The summed E-state index contributed by atoms with van der Waals surface area (Å²) in [6.07, 6.45) is 11.4. The molecule has 3 aromatic rings. The van der Waals surface area contributed by atoms with Crippen molar-refractivity contribution < 1.29 is 8.42 Å². The number of hydrogen-bond donors (Lipinski definition) is 3. The van der Waals surface area contributed by atoms with Crippen molar-refractivity contribution in [2.45, 2.75) is 49.6 Å². The quantitative estimate of drug-likeness (QED) is 0.438. The third kappa shape index (κ3) is 6.11. The van der Waals surface area contributed by atoms with Gasteiger partial charge in [0.1, 0.15) is 10.7 Å². The van der Waals surface area contributed by atoms with E-state index in [1.54, 1.807) is 36.7 Å². The summed E-state index contributed by atoms with van der Waals surface area (Å²) < 4.78 is 27.7. The second-order valence-electron chi connectivity index (χ2n) is 8.34. The molecule has 2 heterocycles. The molecule has 1 aromatic carbocycles. The first-order valence-electron chi connectivity index (χ1n) is 11.1. The van der Waals surface area contributed by atoms with Crippen LogP contribution in [0.4, 0.5) is 11.8 Å². The van der Waals surface area contributed by atoms with Crippen molar-refractivity contribution in [2.24, 2.45) is 5.73 Å². The first-order chi connectivity index (χ1) is 16.3. The topological polar surface area (TPSA) is 123 Å². The molecule has 0 unspecified atom stereocenters. The van der Waals surface area contributed by atoms with Gasteiger partial charge in [0, 0.05) is 35.7 Å². The lowest BCUT2D eigenvalue weighted by Gasteiger charge is -2.26. The van der Waals surface area contributed by atoms with Crippen LogP contribution in [0.15, 0.2) is 53.7 Å². The number of pyridine rings is 1. The van der Waals surface area contributed by atoms with Gasteiger partial charge in [-0.3, -0.25) is 4.72 Å². The van der Waals surface area contributed by atoms with Gasteiger partial charge >= 0.3 is 0 Å². The number of aromatic nitrogens is 3. The normalized spacial score (nSPS) is 18.7. The van der Waals surface area contributed by atoms with E-state index in [1.165, 1.54) is 12.1 Å². The molecule has 0 radical (unpaired) electrons. The van der Waals surface area contributed by atoms with Crippen LogP contribution in [-0.4, -0.2) is 35.5 Å². The Labute approximate surface area is 204 Å². The lowest BCUT2D eigenvalue weighted by Crippen LogP contribution is -2.33. The van der Waals surface area contributed by atoms with E-state index in [4.69, 9.17) is 17.3 Å². The third-order valence-electron chi connectivity index (χ3n) is 5.72. The Kier molecular flexibility index (Phi) is 7.45. The fourth-order valence-electron chi connectivity index (χ4n) is 3.79. The Bertz CT molecular complexity index is 1270. The lowest BCUT2D eigenvalue weighted by molar-refractivity contribution is 0.410. The van der Waals surface area contributed by atoms with Gasteiger partial charge in [-0.25, -0.2) is 23.4 Å². The molecule has 2 aromatic heterocycles. The molecule has 0 bridgehead atoms. The first kappa shape index (κ1) is 24.1. The number of rotatable bonds is 7. The van der Waals surface area contributed by atoms with E-state index in [1.807, 2.05) is 19.1 Å². The molecular formula is C24H27ClN6O2S. The molecule has 34 heavy (non-hydrogen) atoms. The standard InChI is InChI=1S/C24H27ClN6O2S/c1-16-18(8-13-23(29-16)31-34(32,33)22-5-3-2-4-21(22)25)7-6-17-14-27-24(28-15-17)30-20-11-9-19(26)10-12-20/h2-8,13-15,19-20H,9-12,26H2,1H3,(H,29,31)(H,27,28,30)/b7-6+/t19-,20-. The van der Waals surface area contributed by atoms with Gasteiger partial charge in [0.15, 0.2) is 0 Å². The molecule has 4 N–H and O–H groups in total. The summed E-state index contributed by atoms with van der Waals surface area (Å²) in [6, 6.07) is 10.3. The number of sulfonamides is 1. The first-order valence-corrected chi connectivity index (χ1v) is 12.9. The molecule has 1 aliphatic carbocycles. The van der Waals surface area contributed by atoms with E-state index in [2.05, 4.69) is 25.0 Å². The van der Waals surface area contributed by atoms with Crippen LogP contribution in [0.1, 0.15) is 42.5 Å². The Morgan fingerprint density at radius 1 is 1.03 bits per heavy atom. The van der Waals surface area contributed by atoms with Crippen molar-refractivity contribution in [1.82, 2.24) is 15.0 Å². The summed E-state index contributed by atoms with van der Waals surface area (Å²) in [4.78, 5) is 13.2. The molecule has 0 amide bonds. The summed E-state index contributed by atoms with van der Waals surface area (Å²) in [5.74, 6) is 0.836. The summed E-state index contributed by atoms with van der Waals surface area (Å²) in [5, 5.41) is 3.53. The van der Waals surface area contributed by atoms with Crippen molar-refractivity contribution >= 4 is 45.5 Å². The molecule has 0 spiro atoms. The predicted octanol–water partition coefficient (Wildman–Crippen LogP) is 4.49. The Balaban J connectivity index is 1.39. The molecule has 1 aliphatic rings. The van der Waals surface area contributed by atoms with Crippen molar-refractivity contribution in [2.75, 3.05) is 10.0 Å². The van der Waals surface area contributed by atoms with E-state index in [0.29, 0.717) is 23.7 Å². The highest BCUT2D eigenvalue weighted by atomic mass is 35.5. The molecule has 8 nitrogen and oxygen atoms in total. The van der Waals surface area contributed by atoms with Crippen molar-refractivity contribution in [3.63, 3.8) is 0 Å². The van der Waals surface area contributed by atoms with Gasteiger partial charge in [0.25, 0.3) is 10.0 Å². The minimum Gasteiger partial charge on any atom is -0.351 e. The van der Waals surface area contributed by atoms with E-state index in [-0.39, 0.29) is 15.7 Å². The highest BCUT2D eigenvalue weighted by Gasteiger charge is 2.19. The maximum atomic E-state index is 12.6. The zero-order valence-corrected chi connectivity index (χ0v) is 20.4. The van der Waals surface area contributed by atoms with Crippen LogP contribution in [0.3, 0.4) is 0 Å². The SMILES string of the molecule is Cc1nc(NS(=O)(=O)c2ccccc2Cl)ccc1/C=C/c1cnc(N[C@H]2CC[C@H](N)CC2)nc1. The van der Waals surface area contributed by atoms with E-state index >= 15 is 0 Å². The van der Waals surface area contributed by atoms with Gasteiger partial charge < -0.3 is 11.1 Å². The van der Waals surface area contributed by atoms with Gasteiger partial charge in [-0.15, -0.1) is 0 Å². The minimum absolute atomic E-state index is 0.00471. The average molecular weight is 499 g/mol. The molecule has 178 valence electrons. The minimum atomic E-state index is -3.84. The molecule has 0 atom stereocenters. The smallest absolute Gasteiger partial charge is 0.264 e. The zero-order valence-electron chi connectivity index (χ0n) is 18.8. The van der Waals surface area contributed by atoms with Crippen LogP contribution in [0, 0.1) is 6.92 Å². The molecule has 1 saturated carbocycles. The van der Waals surface area contributed by atoms with Crippen LogP contribution in [0.25, 0.3) is 12.2 Å². The number of nitrogens with zero attached hydrogens (tertiary/aromatic N) is 3. The lowest BCUT2D eigenvalue weighted by atomic mass is 9.92. The van der Waals surface area contributed by atoms with E-state index in [9.17, 15) is 8.42 Å². The second kappa shape index (κ2) is 10.5. The number of halogens is 1. The number of nitrogens with one attached hydrogen (secondary N) is 2. The van der Waals surface area contributed by atoms with Crippen molar-refractivity contribution in [3.8, 4) is 0 Å². The number of anilines is 2. The summed E-state index contributed by atoms with van der Waals surface area (Å²) in [5.41, 5.74) is 8.33. The third-order valence-corrected chi connectivity index (χ3v) is 7.58. The van der Waals surface area contributed by atoms with Crippen LogP contribution >= 0.6 is 11.6 Å². The molecular weight excluding hydrogens is 472 g/mol. The maximum Gasteiger partial charge on any atom is 0.264 e. The monoisotopic (exact) mass is 498 g/mol. The van der Waals surface area contributed by atoms with Crippen LogP contribution < -0.4 is 15.8 Å². The zero-order chi connectivity index (χ0) is 24.1. The molecule has 0 aliphatic heterocycles. The van der Waals surface area contributed by atoms with Gasteiger partial charge in [0.2, 0.25) is 5.95 Å². The van der Waals surface area contributed by atoms with Crippen LogP contribution in [0.2, 0.25) is 5.02 Å². The van der Waals surface area contributed by atoms with Crippen molar-refractivity contribution in [1.29, 1.82) is 0 Å². The number of benzene rings is 1. The molecule has 4 rings (SSSR count). The Hall–Kier alpha value is -3.01. The summed E-state index contributed by atoms with van der Waals surface area (Å²) in [6.45, 7) is 1.81. The van der Waals surface area contributed by atoms with E-state index < -0.39 is 10.0 Å². The highest BCUT2D eigenvalue weighted by Crippen LogP contribution is 2.24. The molecule has 10 heteroatoms. The summed E-state index contributed by atoms with van der Waals surface area (Å²) in [7, 11) is -3.84. The second-order valence-corrected chi connectivity index (χ2v) is 10.4. The van der Waals surface area contributed by atoms with Crippen LogP contribution in [-0.2, 0) is 10.0 Å². The fourth-order valence-corrected chi connectivity index (χ4v) is 5.31. The number of hydrogen-bond acceptors (Lipinski definition) is 7. The maximum absolute atomic E-state index is 12.6.